The van der Waals surface area contributed by atoms with Crippen LogP contribution in [0.4, 0.5) is 4.79 Å². The third-order valence-corrected chi connectivity index (χ3v) is 5.70. The van der Waals surface area contributed by atoms with Crippen molar-refractivity contribution in [3.8, 4) is 0 Å². The summed E-state index contributed by atoms with van der Waals surface area (Å²) in [7, 11) is 0. The summed E-state index contributed by atoms with van der Waals surface area (Å²) in [4.78, 5) is 70.1. The molecule has 0 saturated carbocycles. The standard InChI is InChI=1S/2C15H27NO6/c1-6-20-12(17)11(13(18)21-7-2)9-8-10-16-14(19)22-15(3,4)5;1-6-10(8-9-11(17)22-14(3,4)5)15(16,12(18)19)13(20)21-7-2/h11H,6-10H2,1-5H3,(H,16,19);10H,6-9,16H2,1-5H3,(H,18,19). The van der Waals surface area contributed by atoms with E-state index in [2.05, 4.69) is 5.32 Å². The van der Waals surface area contributed by atoms with E-state index in [1.54, 1.807) is 69.2 Å². The zero-order valence-electron chi connectivity index (χ0n) is 28.0. The van der Waals surface area contributed by atoms with Crippen LogP contribution < -0.4 is 11.1 Å². The van der Waals surface area contributed by atoms with Crippen LogP contribution in [-0.4, -0.2) is 84.2 Å². The van der Waals surface area contributed by atoms with E-state index < -0.39 is 64.5 Å². The lowest BCUT2D eigenvalue weighted by atomic mass is 9.79. The van der Waals surface area contributed by atoms with Gasteiger partial charge in [-0.15, -0.1) is 0 Å². The zero-order valence-corrected chi connectivity index (χ0v) is 28.0. The Hall–Kier alpha value is -3.42. The van der Waals surface area contributed by atoms with Crippen molar-refractivity contribution in [3.63, 3.8) is 0 Å². The maximum Gasteiger partial charge on any atom is 0.407 e. The Kier molecular flexibility index (Phi) is 19.9. The van der Waals surface area contributed by atoms with Crippen LogP contribution in [0.25, 0.3) is 0 Å². The van der Waals surface area contributed by atoms with E-state index in [4.69, 9.17) is 29.4 Å². The van der Waals surface area contributed by atoms with Crippen LogP contribution in [0.5, 0.6) is 0 Å². The van der Waals surface area contributed by atoms with Gasteiger partial charge in [-0.1, -0.05) is 13.3 Å². The molecule has 0 radical (unpaired) electrons. The lowest BCUT2D eigenvalue weighted by Crippen LogP contribution is -2.61. The van der Waals surface area contributed by atoms with Crippen molar-refractivity contribution in [2.75, 3.05) is 26.4 Å². The van der Waals surface area contributed by atoms with Crippen molar-refractivity contribution in [1.82, 2.24) is 5.32 Å². The molecular formula is C30H54N2O12. The van der Waals surface area contributed by atoms with Crippen LogP contribution in [-0.2, 0) is 47.7 Å². The van der Waals surface area contributed by atoms with E-state index in [1.807, 2.05) is 0 Å². The summed E-state index contributed by atoms with van der Waals surface area (Å²) >= 11 is 0. The minimum absolute atomic E-state index is 0.0125. The number of carbonyl (C=O) groups is 6. The second-order valence-corrected chi connectivity index (χ2v) is 11.8. The van der Waals surface area contributed by atoms with Gasteiger partial charge in [0, 0.05) is 13.0 Å². The average Bonchev–Trinajstić information content (AvgIpc) is 2.87. The van der Waals surface area contributed by atoms with Crippen LogP contribution in [0.15, 0.2) is 0 Å². The number of esters is 4. The highest BCUT2D eigenvalue weighted by molar-refractivity contribution is 6.04. The van der Waals surface area contributed by atoms with Gasteiger partial charge in [0.1, 0.15) is 11.2 Å². The topological polar surface area (TPSA) is 207 Å². The molecule has 0 aliphatic rings. The summed E-state index contributed by atoms with van der Waals surface area (Å²) in [6, 6.07) is 0. The summed E-state index contributed by atoms with van der Waals surface area (Å²) in [6.45, 7) is 17.9. The lowest BCUT2D eigenvalue weighted by Gasteiger charge is -2.31. The summed E-state index contributed by atoms with van der Waals surface area (Å²) in [6.07, 6.45) is 0.588. The third kappa shape index (κ3) is 17.6. The number of hydrogen-bond acceptors (Lipinski definition) is 12. The van der Waals surface area contributed by atoms with Crippen molar-refractivity contribution in [1.29, 1.82) is 0 Å². The molecule has 256 valence electrons. The molecule has 0 aliphatic carbocycles. The first-order valence-electron chi connectivity index (χ1n) is 14.9. The van der Waals surface area contributed by atoms with Crippen LogP contribution >= 0.6 is 0 Å². The molecule has 1 amide bonds. The van der Waals surface area contributed by atoms with Crippen LogP contribution in [0.2, 0.25) is 0 Å². The fourth-order valence-corrected chi connectivity index (χ4v) is 3.75. The second-order valence-electron chi connectivity index (χ2n) is 11.8. The van der Waals surface area contributed by atoms with Gasteiger partial charge in [0.25, 0.3) is 0 Å². The van der Waals surface area contributed by atoms with Crippen molar-refractivity contribution in [2.24, 2.45) is 17.6 Å². The maximum absolute atomic E-state index is 11.9. The Bertz CT molecular complexity index is 921. The number of ether oxygens (including phenoxy) is 5. The number of hydrogen-bond donors (Lipinski definition) is 3. The number of alkyl carbamates (subject to hydrolysis) is 1. The van der Waals surface area contributed by atoms with Crippen molar-refractivity contribution in [3.05, 3.63) is 0 Å². The van der Waals surface area contributed by atoms with E-state index in [0.717, 1.165) is 0 Å². The molecule has 4 N–H and O–H groups in total. The van der Waals surface area contributed by atoms with Crippen molar-refractivity contribution in [2.45, 2.75) is 118 Å². The Morgan fingerprint density at radius 1 is 0.750 bits per heavy atom. The highest BCUT2D eigenvalue weighted by Crippen LogP contribution is 2.26. The minimum atomic E-state index is -2.16. The molecule has 2 atom stereocenters. The molecule has 0 spiro atoms. The van der Waals surface area contributed by atoms with Gasteiger partial charge in [-0.25, -0.2) is 14.4 Å². The predicted octanol–water partition coefficient (Wildman–Crippen LogP) is 3.51. The molecule has 0 aliphatic heterocycles. The molecule has 0 heterocycles. The lowest BCUT2D eigenvalue weighted by molar-refractivity contribution is -0.166. The normalized spacial score (nSPS) is 13.3. The van der Waals surface area contributed by atoms with E-state index >= 15 is 0 Å². The predicted molar refractivity (Wildman–Crippen MR) is 160 cm³/mol. The van der Waals surface area contributed by atoms with Crippen LogP contribution in [0.3, 0.4) is 0 Å². The smallest absolute Gasteiger partial charge is 0.407 e. The SMILES string of the molecule is CCOC(=O)C(CCCNC(=O)OC(C)(C)C)C(=O)OCC.CCOC(=O)C(N)(C(=O)O)C(CC)CCC(=O)OC(C)(C)C. The first-order chi connectivity index (χ1) is 20.2. The maximum atomic E-state index is 11.9. The van der Waals surface area contributed by atoms with Gasteiger partial charge in [0.05, 0.1) is 19.8 Å². The Morgan fingerprint density at radius 3 is 1.61 bits per heavy atom. The summed E-state index contributed by atoms with van der Waals surface area (Å²) in [5.41, 5.74) is 2.47. The van der Waals surface area contributed by atoms with E-state index in [-0.39, 0.29) is 39.1 Å². The number of carboxylic acid groups (broad SMARTS) is 1. The molecule has 0 aromatic rings. The Morgan fingerprint density at radius 2 is 1.23 bits per heavy atom. The molecule has 0 rings (SSSR count). The number of nitrogens with one attached hydrogen (secondary N) is 1. The van der Waals surface area contributed by atoms with E-state index in [0.29, 0.717) is 19.4 Å². The quantitative estimate of drug-likeness (QED) is 0.0962. The molecule has 0 saturated heterocycles. The van der Waals surface area contributed by atoms with E-state index in [9.17, 15) is 33.9 Å². The molecule has 0 aromatic carbocycles. The van der Waals surface area contributed by atoms with Gasteiger partial charge in [-0.05, 0) is 87.5 Å². The minimum Gasteiger partial charge on any atom is -0.479 e. The number of carboxylic acids is 1. The first-order valence-corrected chi connectivity index (χ1v) is 14.9. The van der Waals surface area contributed by atoms with Crippen LogP contribution in [0, 0.1) is 11.8 Å². The van der Waals surface area contributed by atoms with Gasteiger partial charge in [-0.2, -0.15) is 0 Å². The van der Waals surface area contributed by atoms with Crippen molar-refractivity contribution < 1.29 is 57.6 Å². The average molecular weight is 635 g/mol. The highest BCUT2D eigenvalue weighted by atomic mass is 16.6. The van der Waals surface area contributed by atoms with Crippen LogP contribution in [0.1, 0.15) is 101 Å². The molecule has 44 heavy (non-hydrogen) atoms. The molecule has 0 aromatic heterocycles. The van der Waals surface area contributed by atoms with Gasteiger partial charge in [0.15, 0.2) is 5.92 Å². The largest absolute Gasteiger partial charge is 0.479 e. The Labute approximate surface area is 261 Å². The fraction of sp³-hybridized carbons (Fsp3) is 0.800. The monoisotopic (exact) mass is 634 g/mol. The molecule has 2 unspecified atom stereocenters. The third-order valence-electron chi connectivity index (χ3n) is 5.70. The van der Waals surface area contributed by atoms with Crippen molar-refractivity contribution >= 4 is 35.9 Å². The molecule has 14 nitrogen and oxygen atoms in total. The Balaban J connectivity index is 0. The highest BCUT2D eigenvalue weighted by Gasteiger charge is 2.50. The summed E-state index contributed by atoms with van der Waals surface area (Å²) in [5.74, 6) is -5.78. The molecule has 0 fully saturated rings. The molecule has 0 bridgehead atoms. The zero-order chi connectivity index (χ0) is 34.7. The molecular weight excluding hydrogens is 580 g/mol. The second kappa shape index (κ2) is 20.5. The van der Waals surface area contributed by atoms with Gasteiger partial charge < -0.3 is 39.8 Å². The first kappa shape index (κ1) is 42.7. The number of carbonyl (C=O) groups excluding carboxylic acids is 5. The summed E-state index contributed by atoms with van der Waals surface area (Å²) in [5, 5.41) is 11.9. The van der Waals surface area contributed by atoms with Gasteiger partial charge in [0.2, 0.25) is 5.54 Å². The van der Waals surface area contributed by atoms with Gasteiger partial charge >= 0.3 is 35.9 Å². The summed E-state index contributed by atoms with van der Waals surface area (Å²) < 4.78 is 24.8. The van der Waals surface area contributed by atoms with E-state index in [1.165, 1.54) is 0 Å². The number of rotatable bonds is 16. The molecule has 14 heteroatoms. The fourth-order valence-electron chi connectivity index (χ4n) is 3.75. The number of amides is 1. The number of aliphatic carboxylic acids is 1. The van der Waals surface area contributed by atoms with Gasteiger partial charge in [-0.3, -0.25) is 14.4 Å². The number of nitrogens with two attached hydrogens (primary N) is 1.